The molecule has 37 heavy (non-hydrogen) atoms. The number of nitrogens with one attached hydrogen (secondary N) is 1. The highest BCUT2D eigenvalue weighted by Gasteiger charge is 2.78. The number of anilines is 1. The van der Waals surface area contributed by atoms with E-state index in [1.165, 1.54) is 0 Å². The first-order valence-corrected chi connectivity index (χ1v) is 13.7. The summed E-state index contributed by atoms with van der Waals surface area (Å²) >= 11 is 1.59. The van der Waals surface area contributed by atoms with Crippen LogP contribution in [0.3, 0.4) is 0 Å². The summed E-state index contributed by atoms with van der Waals surface area (Å²) in [6.45, 7) is 7.57. The van der Waals surface area contributed by atoms with Crippen LogP contribution in [0.4, 0.5) is 5.69 Å². The van der Waals surface area contributed by atoms with Crippen molar-refractivity contribution in [2.45, 2.75) is 62.1 Å². The van der Waals surface area contributed by atoms with Crippen LogP contribution in [-0.4, -0.2) is 56.5 Å². The molecule has 2 unspecified atom stereocenters. The average molecular weight is 523 g/mol. The van der Waals surface area contributed by atoms with Gasteiger partial charge in [-0.3, -0.25) is 14.4 Å². The Morgan fingerprint density at radius 2 is 1.92 bits per heavy atom. The number of aliphatic hydroxyl groups excluding tert-OH is 1. The Kier molecular flexibility index (Phi) is 6.61. The largest absolute Gasteiger partial charge is 0.466 e. The van der Waals surface area contributed by atoms with Gasteiger partial charge in [0.05, 0.1) is 35.8 Å². The summed E-state index contributed by atoms with van der Waals surface area (Å²) in [5.41, 5.74) is 3.38. The number of hydrogen-bond donors (Lipinski definition) is 2. The van der Waals surface area contributed by atoms with Crippen molar-refractivity contribution in [1.29, 1.82) is 0 Å². The maximum Gasteiger partial charge on any atom is 0.311 e. The zero-order chi connectivity index (χ0) is 26.5. The first kappa shape index (κ1) is 25.8. The van der Waals surface area contributed by atoms with Gasteiger partial charge in [-0.2, -0.15) is 0 Å². The van der Waals surface area contributed by atoms with Crippen LogP contribution < -0.4 is 5.32 Å². The lowest BCUT2D eigenvalue weighted by atomic mass is 9.66. The fraction of sp³-hybridized carbons (Fsp3) is 0.483. The van der Waals surface area contributed by atoms with E-state index >= 15 is 0 Å². The van der Waals surface area contributed by atoms with Crippen molar-refractivity contribution in [2.24, 2.45) is 11.8 Å². The Labute approximate surface area is 222 Å². The van der Waals surface area contributed by atoms with Gasteiger partial charge < -0.3 is 20.1 Å². The Balaban J connectivity index is 1.62. The van der Waals surface area contributed by atoms with Crippen molar-refractivity contribution < 1.29 is 24.2 Å². The van der Waals surface area contributed by atoms with E-state index in [2.05, 4.69) is 5.32 Å². The molecule has 2 aromatic carbocycles. The summed E-state index contributed by atoms with van der Waals surface area (Å²) in [5.74, 6) is -2.27. The topological polar surface area (TPSA) is 95.9 Å². The van der Waals surface area contributed by atoms with E-state index in [0.717, 1.165) is 16.7 Å². The molecule has 2 N–H and O–H groups in total. The summed E-state index contributed by atoms with van der Waals surface area (Å²) < 4.78 is 4.18. The lowest BCUT2D eigenvalue weighted by Gasteiger charge is -2.37. The van der Waals surface area contributed by atoms with Gasteiger partial charge in [0, 0.05) is 10.4 Å². The lowest BCUT2D eigenvalue weighted by molar-refractivity contribution is -0.155. The molecule has 0 saturated carbocycles. The maximum absolute atomic E-state index is 14.3. The molecule has 3 heterocycles. The van der Waals surface area contributed by atoms with Crippen molar-refractivity contribution in [3.05, 3.63) is 65.2 Å². The standard InChI is InChI=1S/C29H34N2O5S/c1-5-36-27(35)23-22-26(34)31(21(16-32)19-9-7-6-8-10-19)24(29(22)14-13-28(23,4)37-29)25(33)30-20-15-17(2)11-12-18(20)3/h6-12,15,21-24,32H,5,13-14,16H2,1-4H3,(H,30,33)/t21-,22+,23-,24?,28+,29?/m1/s1. The summed E-state index contributed by atoms with van der Waals surface area (Å²) in [6.07, 6.45) is 1.34. The van der Waals surface area contributed by atoms with Crippen LogP contribution in [0.5, 0.6) is 0 Å². The molecule has 196 valence electrons. The fourth-order valence-electron chi connectivity index (χ4n) is 6.69. The third-order valence-electron chi connectivity index (χ3n) is 8.35. The molecule has 0 aliphatic carbocycles. The minimum absolute atomic E-state index is 0.230. The number of fused-ring (bicyclic) bond motifs is 1. The van der Waals surface area contributed by atoms with Crippen molar-refractivity contribution in [3.8, 4) is 0 Å². The number of carbonyl (C=O) groups excluding carboxylic acids is 3. The van der Waals surface area contributed by atoms with Crippen molar-refractivity contribution in [3.63, 3.8) is 0 Å². The van der Waals surface area contributed by atoms with Crippen molar-refractivity contribution in [2.75, 3.05) is 18.5 Å². The molecule has 3 saturated heterocycles. The Bertz CT molecular complexity index is 1240. The molecular weight excluding hydrogens is 488 g/mol. The number of rotatable bonds is 7. The third-order valence-corrected chi connectivity index (χ3v) is 10.3. The lowest BCUT2D eigenvalue weighted by Crippen LogP contribution is -2.52. The molecule has 2 aromatic rings. The second kappa shape index (κ2) is 9.48. The number of carbonyl (C=O) groups is 3. The number of ether oxygens (including phenoxy) is 1. The zero-order valence-corrected chi connectivity index (χ0v) is 22.5. The summed E-state index contributed by atoms with van der Waals surface area (Å²) in [5, 5.41) is 13.6. The Hall–Kier alpha value is -2.84. The average Bonchev–Trinajstić information content (AvgIpc) is 3.44. The molecule has 3 aliphatic heterocycles. The number of aliphatic hydroxyl groups is 1. The van der Waals surface area contributed by atoms with E-state index in [9.17, 15) is 19.5 Å². The second-order valence-electron chi connectivity index (χ2n) is 10.6. The van der Waals surface area contributed by atoms with Crippen molar-refractivity contribution in [1.82, 2.24) is 4.90 Å². The van der Waals surface area contributed by atoms with Crippen LogP contribution in [0, 0.1) is 25.7 Å². The molecule has 6 atom stereocenters. The number of amides is 2. The number of benzene rings is 2. The molecule has 1 spiro atoms. The zero-order valence-electron chi connectivity index (χ0n) is 21.7. The van der Waals surface area contributed by atoms with Gasteiger partial charge in [0.25, 0.3) is 0 Å². The predicted octanol–water partition coefficient (Wildman–Crippen LogP) is 4.02. The Morgan fingerprint density at radius 3 is 2.59 bits per heavy atom. The van der Waals surface area contributed by atoms with Gasteiger partial charge in [-0.05, 0) is 63.3 Å². The smallest absolute Gasteiger partial charge is 0.311 e. The number of nitrogens with zero attached hydrogens (tertiary/aromatic N) is 1. The SMILES string of the molecule is CCOC(=O)[C@H]1[C@H]2C(=O)N([C@H](CO)c3ccccc3)C(C(=O)Nc3cc(C)ccc3C)C23CC[C@]1(C)S3. The van der Waals surface area contributed by atoms with E-state index in [1.807, 2.05) is 69.3 Å². The van der Waals surface area contributed by atoms with Gasteiger partial charge in [-0.25, -0.2) is 0 Å². The number of hydrogen-bond acceptors (Lipinski definition) is 6. The molecule has 0 radical (unpaired) electrons. The van der Waals surface area contributed by atoms with E-state index in [0.29, 0.717) is 18.5 Å². The number of likely N-dealkylation sites (tertiary alicyclic amines) is 1. The Morgan fingerprint density at radius 1 is 1.19 bits per heavy atom. The molecule has 3 aliphatic rings. The molecule has 0 aromatic heterocycles. The minimum Gasteiger partial charge on any atom is -0.466 e. The van der Waals surface area contributed by atoms with Crippen LogP contribution in [0.15, 0.2) is 48.5 Å². The first-order valence-electron chi connectivity index (χ1n) is 12.9. The molecular formula is C29H34N2O5S. The van der Waals surface area contributed by atoms with Gasteiger partial charge in [0.15, 0.2) is 0 Å². The van der Waals surface area contributed by atoms with Crippen LogP contribution in [0.2, 0.25) is 0 Å². The van der Waals surface area contributed by atoms with Crippen LogP contribution in [0.1, 0.15) is 49.4 Å². The third kappa shape index (κ3) is 3.96. The van der Waals surface area contributed by atoms with E-state index in [-0.39, 0.29) is 31.0 Å². The number of thioether (sulfide) groups is 1. The van der Waals surface area contributed by atoms with E-state index in [4.69, 9.17) is 4.74 Å². The fourth-order valence-corrected chi connectivity index (χ4v) is 9.02. The number of aryl methyl sites for hydroxylation is 2. The van der Waals surface area contributed by atoms with Crippen LogP contribution >= 0.6 is 11.8 Å². The minimum atomic E-state index is -0.853. The van der Waals surface area contributed by atoms with Gasteiger partial charge in [0.1, 0.15) is 6.04 Å². The van der Waals surface area contributed by atoms with E-state index in [1.54, 1.807) is 23.6 Å². The normalized spacial score (nSPS) is 30.8. The maximum atomic E-state index is 14.3. The summed E-state index contributed by atoms with van der Waals surface area (Å²) in [6, 6.07) is 13.6. The van der Waals surface area contributed by atoms with E-state index < -0.39 is 33.4 Å². The molecule has 5 rings (SSSR count). The first-order chi connectivity index (χ1) is 17.7. The molecule has 2 bridgehead atoms. The molecule has 8 heteroatoms. The second-order valence-corrected chi connectivity index (χ2v) is 12.5. The summed E-state index contributed by atoms with van der Waals surface area (Å²) in [4.78, 5) is 43.3. The number of esters is 1. The summed E-state index contributed by atoms with van der Waals surface area (Å²) in [7, 11) is 0. The molecule has 3 fully saturated rings. The molecule has 2 amide bonds. The van der Waals surface area contributed by atoms with Gasteiger partial charge in [-0.15, -0.1) is 11.8 Å². The quantitative estimate of drug-likeness (QED) is 0.534. The highest BCUT2D eigenvalue weighted by molar-refractivity contribution is 8.02. The monoisotopic (exact) mass is 522 g/mol. The van der Waals surface area contributed by atoms with Gasteiger partial charge in [0.2, 0.25) is 11.8 Å². The van der Waals surface area contributed by atoms with Crippen LogP contribution in [0.25, 0.3) is 0 Å². The van der Waals surface area contributed by atoms with Gasteiger partial charge >= 0.3 is 5.97 Å². The van der Waals surface area contributed by atoms with Crippen molar-refractivity contribution >= 4 is 35.2 Å². The van der Waals surface area contributed by atoms with Crippen LogP contribution in [-0.2, 0) is 19.1 Å². The van der Waals surface area contributed by atoms with Gasteiger partial charge in [-0.1, -0.05) is 42.5 Å². The highest BCUT2D eigenvalue weighted by Crippen LogP contribution is 2.72. The molecule has 7 nitrogen and oxygen atoms in total. The predicted molar refractivity (Wildman–Crippen MR) is 143 cm³/mol. The highest BCUT2D eigenvalue weighted by atomic mass is 32.2.